The normalized spacial score (nSPS) is 12.2. The van der Waals surface area contributed by atoms with Gasteiger partial charge in [0.25, 0.3) is 0 Å². The van der Waals surface area contributed by atoms with Crippen LogP contribution in [-0.4, -0.2) is 22.5 Å². The van der Waals surface area contributed by atoms with Gasteiger partial charge in [-0.25, -0.2) is 4.79 Å². The molecule has 4 rings (SSSR count). The number of aromatic nitrogens is 2. The van der Waals surface area contributed by atoms with Crippen LogP contribution in [0.3, 0.4) is 0 Å². The molecular weight excluding hydrogens is 432 g/mol. The van der Waals surface area contributed by atoms with E-state index in [1.165, 1.54) is 6.08 Å². The Kier molecular flexibility index (Phi) is 7.06. The highest BCUT2D eigenvalue weighted by molar-refractivity contribution is 6.32. The van der Waals surface area contributed by atoms with Crippen LogP contribution in [0.4, 0.5) is 0 Å². The van der Waals surface area contributed by atoms with Crippen LogP contribution in [0.5, 0.6) is 0 Å². The Bertz CT molecular complexity index is 1330. The molecule has 0 saturated heterocycles. The summed E-state index contributed by atoms with van der Waals surface area (Å²) in [6.07, 6.45) is 9.42. The molecule has 0 bridgehead atoms. The Labute approximate surface area is 198 Å². The molecule has 4 nitrogen and oxygen atoms in total. The predicted molar refractivity (Wildman–Crippen MR) is 136 cm³/mol. The molecule has 5 heteroatoms. The second kappa shape index (κ2) is 10.3. The SMILES string of the molecule is CCOC(=O)/C=C/c1ccc(/C(=C(/CC)c2ccncc2Cl)c2cccc3[nH]ccc23)cc1. The van der Waals surface area contributed by atoms with Gasteiger partial charge in [0.15, 0.2) is 0 Å². The van der Waals surface area contributed by atoms with Crippen molar-refractivity contribution in [3.8, 4) is 0 Å². The minimum atomic E-state index is -0.345. The van der Waals surface area contributed by atoms with E-state index in [4.69, 9.17) is 16.3 Å². The Morgan fingerprint density at radius 1 is 1.06 bits per heavy atom. The number of esters is 1. The predicted octanol–water partition coefficient (Wildman–Crippen LogP) is 7.16. The molecule has 33 heavy (non-hydrogen) atoms. The van der Waals surface area contributed by atoms with Crippen LogP contribution < -0.4 is 0 Å². The third-order valence-electron chi connectivity index (χ3n) is 5.52. The van der Waals surface area contributed by atoms with Crippen molar-refractivity contribution in [2.45, 2.75) is 20.3 Å². The van der Waals surface area contributed by atoms with Gasteiger partial charge in [0.1, 0.15) is 0 Å². The highest BCUT2D eigenvalue weighted by Gasteiger charge is 2.17. The summed E-state index contributed by atoms with van der Waals surface area (Å²) >= 11 is 6.58. The molecule has 2 aromatic heterocycles. The van der Waals surface area contributed by atoms with Gasteiger partial charge in [0, 0.05) is 35.6 Å². The number of halogens is 1. The van der Waals surface area contributed by atoms with E-state index in [0.29, 0.717) is 11.6 Å². The van der Waals surface area contributed by atoms with Gasteiger partial charge in [0.2, 0.25) is 0 Å². The molecule has 4 aromatic rings. The van der Waals surface area contributed by atoms with Crippen molar-refractivity contribution in [2.24, 2.45) is 0 Å². The van der Waals surface area contributed by atoms with E-state index < -0.39 is 0 Å². The van der Waals surface area contributed by atoms with Gasteiger partial charge in [-0.05, 0) is 71.0 Å². The van der Waals surface area contributed by atoms with Crippen molar-refractivity contribution >= 4 is 45.7 Å². The summed E-state index contributed by atoms with van der Waals surface area (Å²) in [6, 6.07) is 18.5. The van der Waals surface area contributed by atoms with E-state index in [2.05, 4.69) is 53.3 Å². The number of nitrogens with zero attached hydrogens (tertiary/aromatic N) is 1. The van der Waals surface area contributed by atoms with Crippen molar-refractivity contribution in [1.82, 2.24) is 9.97 Å². The zero-order valence-corrected chi connectivity index (χ0v) is 19.4. The summed E-state index contributed by atoms with van der Waals surface area (Å²) in [6.45, 7) is 4.29. The second-order valence-corrected chi connectivity index (χ2v) is 7.92. The summed E-state index contributed by atoms with van der Waals surface area (Å²) in [5.74, 6) is -0.345. The van der Waals surface area contributed by atoms with Gasteiger partial charge >= 0.3 is 5.97 Å². The van der Waals surface area contributed by atoms with Gasteiger partial charge < -0.3 is 9.72 Å². The smallest absolute Gasteiger partial charge is 0.330 e. The van der Waals surface area contributed by atoms with Gasteiger partial charge in [-0.1, -0.05) is 54.9 Å². The van der Waals surface area contributed by atoms with E-state index in [1.807, 2.05) is 24.4 Å². The lowest BCUT2D eigenvalue weighted by Gasteiger charge is -2.18. The molecule has 0 aliphatic heterocycles. The number of H-pyrrole nitrogens is 1. The molecule has 2 heterocycles. The molecule has 0 amide bonds. The lowest BCUT2D eigenvalue weighted by molar-refractivity contribution is -0.137. The van der Waals surface area contributed by atoms with E-state index >= 15 is 0 Å². The van der Waals surface area contributed by atoms with Crippen molar-refractivity contribution in [3.05, 3.63) is 107 Å². The fourth-order valence-electron chi connectivity index (χ4n) is 4.03. The van der Waals surface area contributed by atoms with Crippen LogP contribution in [0.15, 0.2) is 79.3 Å². The number of carbonyl (C=O) groups excluding carboxylic acids is 1. The van der Waals surface area contributed by atoms with E-state index in [-0.39, 0.29) is 5.97 Å². The van der Waals surface area contributed by atoms with Crippen molar-refractivity contribution in [3.63, 3.8) is 0 Å². The quantitative estimate of drug-likeness (QED) is 0.237. The van der Waals surface area contributed by atoms with Crippen LogP contribution in [0.2, 0.25) is 5.02 Å². The highest BCUT2D eigenvalue weighted by atomic mass is 35.5. The zero-order valence-electron chi connectivity index (χ0n) is 18.6. The number of ether oxygens (including phenoxy) is 1. The lowest BCUT2D eigenvalue weighted by Crippen LogP contribution is -1.98. The van der Waals surface area contributed by atoms with Gasteiger partial charge in [-0.3, -0.25) is 4.98 Å². The summed E-state index contributed by atoms with van der Waals surface area (Å²) in [4.78, 5) is 19.1. The molecule has 0 atom stereocenters. The Balaban J connectivity index is 1.88. The molecule has 0 saturated carbocycles. The highest BCUT2D eigenvalue weighted by Crippen LogP contribution is 2.39. The van der Waals surface area contributed by atoms with Crippen molar-refractivity contribution in [2.75, 3.05) is 6.61 Å². The lowest BCUT2D eigenvalue weighted by atomic mass is 9.87. The van der Waals surface area contributed by atoms with Crippen LogP contribution in [-0.2, 0) is 9.53 Å². The third kappa shape index (κ3) is 4.91. The Morgan fingerprint density at radius 2 is 1.88 bits per heavy atom. The molecule has 1 N–H and O–H groups in total. The largest absolute Gasteiger partial charge is 0.463 e. The van der Waals surface area contributed by atoms with Gasteiger partial charge in [0.05, 0.1) is 11.6 Å². The summed E-state index contributed by atoms with van der Waals surface area (Å²) in [5, 5.41) is 1.77. The van der Waals surface area contributed by atoms with Gasteiger partial charge in [-0.15, -0.1) is 0 Å². The molecule has 0 unspecified atom stereocenters. The third-order valence-corrected chi connectivity index (χ3v) is 5.82. The standard InChI is InChI=1S/C28H25ClN2O2/c1-3-21(22-14-16-30-18-25(22)29)28(24-6-5-7-26-23(24)15-17-31-26)20-11-8-19(9-12-20)10-13-27(32)33-4-2/h5-18,31H,3-4H2,1-2H3/b13-10+,28-21+. The van der Waals surface area contributed by atoms with E-state index in [1.54, 1.807) is 25.4 Å². The molecule has 2 aromatic carbocycles. The van der Waals surface area contributed by atoms with Crippen LogP contribution in [0, 0.1) is 0 Å². The number of hydrogen-bond acceptors (Lipinski definition) is 3. The van der Waals surface area contributed by atoms with Crippen molar-refractivity contribution in [1.29, 1.82) is 0 Å². The number of rotatable bonds is 7. The fraction of sp³-hybridized carbons (Fsp3) is 0.143. The first kappa shape index (κ1) is 22.6. The summed E-state index contributed by atoms with van der Waals surface area (Å²) < 4.78 is 4.97. The minimum Gasteiger partial charge on any atom is -0.463 e. The Hall–Kier alpha value is -3.63. The van der Waals surface area contributed by atoms with Crippen LogP contribution in [0.1, 0.15) is 42.5 Å². The summed E-state index contributed by atoms with van der Waals surface area (Å²) in [5.41, 5.74) is 7.45. The molecular formula is C28H25ClN2O2. The topological polar surface area (TPSA) is 55.0 Å². The van der Waals surface area contributed by atoms with Crippen molar-refractivity contribution < 1.29 is 9.53 Å². The number of nitrogens with one attached hydrogen (secondary N) is 1. The molecule has 0 fully saturated rings. The first-order valence-electron chi connectivity index (χ1n) is 11.0. The number of aromatic amines is 1. The first-order chi connectivity index (χ1) is 16.1. The maximum absolute atomic E-state index is 11.7. The number of benzene rings is 2. The molecule has 0 radical (unpaired) electrons. The molecule has 166 valence electrons. The van der Waals surface area contributed by atoms with Crippen LogP contribution >= 0.6 is 11.6 Å². The molecule has 0 aliphatic rings. The molecule has 0 spiro atoms. The maximum Gasteiger partial charge on any atom is 0.330 e. The first-order valence-corrected chi connectivity index (χ1v) is 11.3. The number of pyridine rings is 1. The number of fused-ring (bicyclic) bond motifs is 1. The maximum atomic E-state index is 11.7. The zero-order chi connectivity index (χ0) is 23.2. The summed E-state index contributed by atoms with van der Waals surface area (Å²) in [7, 11) is 0. The number of allylic oxidation sites excluding steroid dienone is 1. The molecule has 0 aliphatic carbocycles. The average Bonchev–Trinajstić information content (AvgIpc) is 3.32. The monoisotopic (exact) mass is 456 g/mol. The van der Waals surface area contributed by atoms with Gasteiger partial charge in [-0.2, -0.15) is 0 Å². The fourth-order valence-corrected chi connectivity index (χ4v) is 4.27. The number of carbonyl (C=O) groups is 1. The van der Waals surface area contributed by atoms with E-state index in [9.17, 15) is 4.79 Å². The average molecular weight is 457 g/mol. The van der Waals surface area contributed by atoms with Crippen LogP contribution in [0.25, 0.3) is 28.1 Å². The Morgan fingerprint density at radius 3 is 2.61 bits per heavy atom. The second-order valence-electron chi connectivity index (χ2n) is 7.51. The number of hydrogen-bond donors (Lipinski definition) is 1. The minimum absolute atomic E-state index is 0.345. The van der Waals surface area contributed by atoms with E-state index in [0.717, 1.165) is 50.7 Å².